The van der Waals surface area contributed by atoms with Gasteiger partial charge in [-0.3, -0.25) is 0 Å². The molecule has 1 aliphatic rings. The molecule has 0 amide bonds. The Hall–Kier alpha value is -1.01. The first-order valence-corrected chi connectivity index (χ1v) is 8.09. The van der Waals surface area contributed by atoms with Gasteiger partial charge in [0.15, 0.2) is 9.84 Å². The standard InChI is InChI=1S/C12H19N3O2S/c1-2-11(13)5-9-6-14-12(15-7-9)10-3-4-18(16,17)8-10/h6-7,10-11H,2-5,8,13H2,1H3. The van der Waals surface area contributed by atoms with Crippen LogP contribution in [-0.4, -0.2) is 35.9 Å². The van der Waals surface area contributed by atoms with E-state index in [2.05, 4.69) is 9.97 Å². The van der Waals surface area contributed by atoms with Gasteiger partial charge < -0.3 is 5.73 Å². The summed E-state index contributed by atoms with van der Waals surface area (Å²) in [4.78, 5) is 8.56. The molecule has 1 aliphatic heterocycles. The van der Waals surface area contributed by atoms with Crippen molar-refractivity contribution in [3.05, 3.63) is 23.8 Å². The number of sulfone groups is 1. The zero-order valence-corrected chi connectivity index (χ0v) is 11.4. The van der Waals surface area contributed by atoms with Crippen molar-refractivity contribution in [1.82, 2.24) is 9.97 Å². The van der Waals surface area contributed by atoms with E-state index in [-0.39, 0.29) is 23.5 Å². The average molecular weight is 269 g/mol. The van der Waals surface area contributed by atoms with Crippen molar-refractivity contribution in [2.24, 2.45) is 5.73 Å². The highest BCUT2D eigenvalue weighted by Crippen LogP contribution is 2.26. The van der Waals surface area contributed by atoms with Crippen molar-refractivity contribution in [3.63, 3.8) is 0 Å². The largest absolute Gasteiger partial charge is 0.327 e. The van der Waals surface area contributed by atoms with Gasteiger partial charge >= 0.3 is 0 Å². The second-order valence-electron chi connectivity index (χ2n) is 4.92. The van der Waals surface area contributed by atoms with E-state index in [9.17, 15) is 8.42 Å². The predicted molar refractivity (Wildman–Crippen MR) is 70.0 cm³/mol. The Balaban J connectivity index is 2.04. The normalized spacial score (nSPS) is 24.0. The lowest BCUT2D eigenvalue weighted by Crippen LogP contribution is -2.21. The predicted octanol–water partition coefficient (Wildman–Crippen LogP) is 0.659. The maximum atomic E-state index is 11.4. The minimum atomic E-state index is -2.88. The molecule has 0 aromatic carbocycles. The lowest BCUT2D eigenvalue weighted by atomic mass is 10.1. The van der Waals surface area contributed by atoms with Gasteiger partial charge in [-0.1, -0.05) is 6.92 Å². The van der Waals surface area contributed by atoms with Gasteiger partial charge in [0.2, 0.25) is 0 Å². The molecule has 1 saturated heterocycles. The van der Waals surface area contributed by atoms with Crippen LogP contribution in [0.15, 0.2) is 12.4 Å². The molecule has 0 saturated carbocycles. The molecule has 0 radical (unpaired) electrons. The number of hydrogen-bond acceptors (Lipinski definition) is 5. The molecule has 2 N–H and O–H groups in total. The summed E-state index contributed by atoms with van der Waals surface area (Å²) in [5.74, 6) is 1.04. The van der Waals surface area contributed by atoms with Crippen LogP contribution in [0.3, 0.4) is 0 Å². The summed E-state index contributed by atoms with van der Waals surface area (Å²) in [6, 6.07) is 0.131. The molecule has 2 heterocycles. The van der Waals surface area contributed by atoms with E-state index in [1.165, 1.54) is 0 Å². The van der Waals surface area contributed by atoms with Gasteiger partial charge in [-0.15, -0.1) is 0 Å². The fourth-order valence-electron chi connectivity index (χ4n) is 2.13. The van der Waals surface area contributed by atoms with Crippen molar-refractivity contribution in [1.29, 1.82) is 0 Å². The van der Waals surface area contributed by atoms with Crippen LogP contribution in [-0.2, 0) is 16.3 Å². The van der Waals surface area contributed by atoms with E-state index in [1.807, 2.05) is 6.92 Å². The first-order chi connectivity index (χ1) is 8.50. The zero-order valence-electron chi connectivity index (χ0n) is 10.5. The van der Waals surface area contributed by atoms with E-state index >= 15 is 0 Å². The van der Waals surface area contributed by atoms with E-state index in [4.69, 9.17) is 5.73 Å². The van der Waals surface area contributed by atoms with Gasteiger partial charge in [-0.2, -0.15) is 0 Å². The second kappa shape index (κ2) is 5.32. The summed E-state index contributed by atoms with van der Waals surface area (Å²) in [6.45, 7) is 2.04. The van der Waals surface area contributed by atoms with Crippen LogP contribution < -0.4 is 5.73 Å². The van der Waals surface area contributed by atoms with E-state index in [0.29, 0.717) is 12.2 Å². The van der Waals surface area contributed by atoms with Crippen LogP contribution >= 0.6 is 0 Å². The lowest BCUT2D eigenvalue weighted by molar-refractivity contribution is 0.601. The molecule has 0 bridgehead atoms. The summed E-state index contributed by atoms with van der Waals surface area (Å²) < 4.78 is 22.8. The van der Waals surface area contributed by atoms with Crippen LogP contribution in [0, 0.1) is 0 Å². The molecule has 18 heavy (non-hydrogen) atoms. The molecule has 1 fully saturated rings. The Morgan fingerprint density at radius 2 is 2.11 bits per heavy atom. The molecule has 2 atom stereocenters. The Morgan fingerprint density at radius 1 is 1.44 bits per heavy atom. The molecule has 0 aliphatic carbocycles. The third-order valence-electron chi connectivity index (χ3n) is 3.35. The van der Waals surface area contributed by atoms with Crippen molar-refractivity contribution in [3.8, 4) is 0 Å². The Bertz CT molecular complexity index is 499. The van der Waals surface area contributed by atoms with Gasteiger partial charge in [0.1, 0.15) is 5.82 Å². The summed E-state index contributed by atoms with van der Waals surface area (Å²) in [6.07, 6.45) is 5.85. The van der Waals surface area contributed by atoms with Crippen LogP contribution in [0.1, 0.15) is 37.1 Å². The number of aromatic nitrogens is 2. The lowest BCUT2D eigenvalue weighted by Gasteiger charge is -2.09. The van der Waals surface area contributed by atoms with Crippen LogP contribution in [0.5, 0.6) is 0 Å². The SMILES string of the molecule is CCC(N)Cc1cnc(C2CCS(=O)(=O)C2)nc1. The number of rotatable bonds is 4. The Morgan fingerprint density at radius 3 is 2.61 bits per heavy atom. The molecule has 1 aromatic heterocycles. The third kappa shape index (κ3) is 3.26. The summed E-state index contributed by atoms with van der Waals surface area (Å²) in [7, 11) is -2.88. The highest BCUT2D eigenvalue weighted by molar-refractivity contribution is 7.91. The Labute approximate surface area is 108 Å². The molecule has 1 aromatic rings. The zero-order chi connectivity index (χ0) is 13.2. The van der Waals surface area contributed by atoms with E-state index in [1.54, 1.807) is 12.4 Å². The van der Waals surface area contributed by atoms with Crippen LogP contribution in [0.4, 0.5) is 0 Å². The van der Waals surface area contributed by atoms with Crippen molar-refractivity contribution < 1.29 is 8.42 Å². The highest BCUT2D eigenvalue weighted by Gasteiger charge is 2.30. The number of nitrogens with two attached hydrogens (primary N) is 1. The quantitative estimate of drug-likeness (QED) is 0.867. The minimum Gasteiger partial charge on any atom is -0.327 e. The van der Waals surface area contributed by atoms with Gasteiger partial charge in [0.25, 0.3) is 0 Å². The maximum absolute atomic E-state index is 11.4. The van der Waals surface area contributed by atoms with Gasteiger partial charge in [0.05, 0.1) is 11.5 Å². The number of nitrogens with zero attached hydrogens (tertiary/aromatic N) is 2. The molecular formula is C12H19N3O2S. The van der Waals surface area contributed by atoms with Crippen molar-refractivity contribution in [2.75, 3.05) is 11.5 Å². The van der Waals surface area contributed by atoms with Crippen molar-refractivity contribution in [2.45, 2.75) is 38.1 Å². The smallest absolute Gasteiger partial charge is 0.151 e. The van der Waals surface area contributed by atoms with E-state index < -0.39 is 9.84 Å². The molecule has 5 nitrogen and oxygen atoms in total. The fourth-order valence-corrected chi connectivity index (χ4v) is 3.87. The van der Waals surface area contributed by atoms with Gasteiger partial charge in [-0.25, -0.2) is 18.4 Å². The first-order valence-electron chi connectivity index (χ1n) is 6.27. The average Bonchev–Trinajstić information content (AvgIpc) is 2.70. The summed E-state index contributed by atoms with van der Waals surface area (Å²) >= 11 is 0. The molecule has 6 heteroatoms. The van der Waals surface area contributed by atoms with Crippen LogP contribution in [0.25, 0.3) is 0 Å². The second-order valence-corrected chi connectivity index (χ2v) is 7.15. The topological polar surface area (TPSA) is 85.9 Å². The summed E-state index contributed by atoms with van der Waals surface area (Å²) in [5.41, 5.74) is 6.87. The highest BCUT2D eigenvalue weighted by atomic mass is 32.2. The molecule has 2 unspecified atom stereocenters. The first kappa shape index (κ1) is 13.4. The fraction of sp³-hybridized carbons (Fsp3) is 0.667. The summed E-state index contributed by atoms with van der Waals surface area (Å²) in [5, 5.41) is 0. The third-order valence-corrected chi connectivity index (χ3v) is 5.11. The molecule has 100 valence electrons. The van der Waals surface area contributed by atoms with Gasteiger partial charge in [0, 0.05) is 24.4 Å². The van der Waals surface area contributed by atoms with Crippen molar-refractivity contribution >= 4 is 9.84 Å². The minimum absolute atomic E-state index is 0.0381. The molecular weight excluding hydrogens is 250 g/mol. The van der Waals surface area contributed by atoms with Crippen LogP contribution in [0.2, 0.25) is 0 Å². The Kier molecular flexibility index (Phi) is 3.97. The molecule has 2 rings (SSSR count). The molecule has 0 spiro atoms. The maximum Gasteiger partial charge on any atom is 0.151 e. The van der Waals surface area contributed by atoms with Gasteiger partial charge in [-0.05, 0) is 24.8 Å². The monoisotopic (exact) mass is 269 g/mol. The van der Waals surface area contributed by atoms with E-state index in [0.717, 1.165) is 18.4 Å². The number of hydrogen-bond donors (Lipinski definition) is 1.